The van der Waals surface area contributed by atoms with Crippen molar-refractivity contribution in [3.8, 4) is 0 Å². The zero-order valence-corrected chi connectivity index (χ0v) is 8.94. The van der Waals surface area contributed by atoms with E-state index in [4.69, 9.17) is 5.73 Å². The van der Waals surface area contributed by atoms with E-state index in [2.05, 4.69) is 28.4 Å². The Labute approximate surface area is 93.9 Å². The molecule has 3 aliphatic heterocycles. The molecule has 0 spiro atoms. The monoisotopic (exact) mass is 218 g/mol. The van der Waals surface area contributed by atoms with Crippen LogP contribution in [0.2, 0.25) is 0 Å². The largest absolute Gasteiger partial charge is 0.366 e. The minimum Gasteiger partial charge on any atom is -0.366 e. The molecule has 0 unspecified atom stereocenters. The molecule has 2 bridgehead atoms. The van der Waals surface area contributed by atoms with Crippen molar-refractivity contribution in [3.63, 3.8) is 0 Å². The van der Waals surface area contributed by atoms with Crippen LogP contribution in [0, 0.1) is 0 Å². The molecule has 0 saturated heterocycles. The molecule has 16 heavy (non-hydrogen) atoms. The number of nitrogens with two attached hydrogens (primary N) is 1. The van der Waals surface area contributed by atoms with Crippen LogP contribution in [0.5, 0.6) is 0 Å². The number of dihydropyridines is 1. The first-order valence-electron chi connectivity index (χ1n) is 5.45. The number of nitrogens with one attached hydrogen (secondary N) is 1. The molecule has 2 amide bonds. The van der Waals surface area contributed by atoms with Crippen LogP contribution in [-0.2, 0) is 0 Å². The Kier molecular flexibility index (Phi) is 1.92. The van der Waals surface area contributed by atoms with Gasteiger partial charge in [-0.25, -0.2) is 9.69 Å². The topological polar surface area (TPSA) is 61.6 Å². The van der Waals surface area contributed by atoms with Gasteiger partial charge in [0.25, 0.3) is 0 Å². The van der Waals surface area contributed by atoms with E-state index in [-0.39, 0.29) is 0 Å². The van der Waals surface area contributed by atoms with E-state index in [1.807, 2.05) is 0 Å². The van der Waals surface area contributed by atoms with E-state index >= 15 is 0 Å². The van der Waals surface area contributed by atoms with Crippen LogP contribution >= 0.6 is 0 Å². The fourth-order valence-corrected chi connectivity index (χ4v) is 2.43. The minimum absolute atomic E-state index is 0.414. The maximum absolute atomic E-state index is 11.5. The summed E-state index contributed by atoms with van der Waals surface area (Å²) in [4.78, 5) is 15.4. The SMILES string of the molecule is NC(=O)N1C2=CCCN(C2)C2=C1NCC=C2. The van der Waals surface area contributed by atoms with Gasteiger partial charge in [0, 0.05) is 18.8 Å². The average Bonchev–Trinajstić information content (AvgIpc) is 2.29. The molecule has 3 rings (SSSR count). The molecule has 5 nitrogen and oxygen atoms in total. The molecular weight excluding hydrogens is 204 g/mol. The number of carbonyl (C=O) groups is 1. The maximum atomic E-state index is 11.5. The van der Waals surface area contributed by atoms with Crippen LogP contribution < -0.4 is 11.1 Å². The van der Waals surface area contributed by atoms with Crippen molar-refractivity contribution >= 4 is 6.03 Å². The Balaban J connectivity index is 2.12. The molecule has 0 aliphatic carbocycles. The average molecular weight is 218 g/mol. The van der Waals surface area contributed by atoms with Gasteiger partial charge in [-0.05, 0) is 12.5 Å². The Morgan fingerprint density at radius 1 is 1.50 bits per heavy atom. The minimum atomic E-state index is -0.414. The van der Waals surface area contributed by atoms with E-state index in [0.717, 1.165) is 43.3 Å². The molecule has 3 N–H and O–H groups in total. The lowest BCUT2D eigenvalue weighted by molar-refractivity contribution is 0.209. The first kappa shape index (κ1) is 9.33. The standard InChI is InChI=1S/C11H14N4O/c12-11(16)15-8-3-2-6-14(7-8)9-4-1-5-13-10(9)15/h1,3-4,13H,2,5-7H2,(H2,12,16). The molecule has 3 heterocycles. The summed E-state index contributed by atoms with van der Waals surface area (Å²) in [6.07, 6.45) is 7.17. The van der Waals surface area contributed by atoms with Crippen molar-refractivity contribution in [2.45, 2.75) is 6.42 Å². The summed E-state index contributed by atoms with van der Waals surface area (Å²) in [5.41, 5.74) is 7.50. The highest BCUT2D eigenvalue weighted by atomic mass is 16.2. The Morgan fingerprint density at radius 3 is 3.19 bits per heavy atom. The fraction of sp³-hybridized carbons (Fsp3) is 0.364. The Hall–Kier alpha value is -1.91. The lowest BCUT2D eigenvalue weighted by Gasteiger charge is -2.43. The van der Waals surface area contributed by atoms with Crippen molar-refractivity contribution in [3.05, 3.63) is 35.4 Å². The first-order chi connectivity index (χ1) is 7.77. The highest BCUT2D eigenvalue weighted by Crippen LogP contribution is 2.30. The number of hydrogen-bond donors (Lipinski definition) is 2. The fourth-order valence-electron chi connectivity index (χ4n) is 2.43. The summed E-state index contributed by atoms with van der Waals surface area (Å²) in [5.74, 6) is 0.826. The summed E-state index contributed by atoms with van der Waals surface area (Å²) in [6.45, 7) is 2.51. The van der Waals surface area contributed by atoms with Gasteiger partial charge in [-0.1, -0.05) is 12.2 Å². The van der Waals surface area contributed by atoms with Crippen LogP contribution in [0.25, 0.3) is 0 Å². The maximum Gasteiger partial charge on any atom is 0.324 e. The number of urea groups is 1. The molecular formula is C11H14N4O. The number of amides is 2. The van der Waals surface area contributed by atoms with Gasteiger partial charge in [-0.15, -0.1) is 0 Å². The molecule has 0 fully saturated rings. The second kappa shape index (κ2) is 3.30. The number of carbonyl (C=O) groups excluding carboxylic acids is 1. The zero-order chi connectivity index (χ0) is 11.1. The summed E-state index contributed by atoms with van der Waals surface area (Å²) in [5, 5.41) is 3.22. The number of hydrogen-bond acceptors (Lipinski definition) is 3. The van der Waals surface area contributed by atoms with Gasteiger partial charge in [0.15, 0.2) is 0 Å². The van der Waals surface area contributed by atoms with Crippen LogP contribution in [0.1, 0.15) is 6.42 Å². The second-order valence-corrected chi connectivity index (χ2v) is 4.10. The van der Waals surface area contributed by atoms with Crippen LogP contribution in [0.3, 0.4) is 0 Å². The van der Waals surface area contributed by atoms with Crippen LogP contribution in [0.4, 0.5) is 4.79 Å². The molecule has 0 aromatic rings. The third-order valence-electron chi connectivity index (χ3n) is 3.11. The van der Waals surface area contributed by atoms with E-state index in [1.54, 1.807) is 4.90 Å². The normalized spacial score (nSPS) is 22.6. The molecule has 84 valence electrons. The second-order valence-electron chi connectivity index (χ2n) is 4.10. The molecule has 0 aromatic heterocycles. The predicted molar refractivity (Wildman–Crippen MR) is 59.9 cm³/mol. The Morgan fingerprint density at radius 2 is 2.38 bits per heavy atom. The quantitative estimate of drug-likeness (QED) is 0.614. The van der Waals surface area contributed by atoms with Gasteiger partial charge in [0.05, 0.1) is 12.2 Å². The highest BCUT2D eigenvalue weighted by molar-refractivity contribution is 5.77. The molecule has 3 aliphatic rings. The summed E-state index contributed by atoms with van der Waals surface area (Å²) in [7, 11) is 0. The van der Waals surface area contributed by atoms with Gasteiger partial charge in [-0.3, -0.25) is 0 Å². The summed E-state index contributed by atoms with van der Waals surface area (Å²) in [6, 6.07) is -0.414. The van der Waals surface area contributed by atoms with Crippen LogP contribution in [-0.4, -0.2) is 35.5 Å². The molecule has 0 aromatic carbocycles. The van der Waals surface area contributed by atoms with Crippen molar-refractivity contribution in [2.24, 2.45) is 5.73 Å². The van der Waals surface area contributed by atoms with Gasteiger partial charge in [0.1, 0.15) is 5.82 Å². The number of nitrogens with zero attached hydrogens (tertiary/aromatic N) is 2. The highest BCUT2D eigenvalue weighted by Gasteiger charge is 2.33. The smallest absolute Gasteiger partial charge is 0.324 e. The van der Waals surface area contributed by atoms with Gasteiger partial charge < -0.3 is 16.0 Å². The third-order valence-corrected chi connectivity index (χ3v) is 3.11. The number of allylic oxidation sites excluding steroid dienone is 1. The number of fused-ring (bicyclic) bond motifs is 3. The van der Waals surface area contributed by atoms with Crippen molar-refractivity contribution in [1.82, 2.24) is 15.1 Å². The van der Waals surface area contributed by atoms with E-state index < -0.39 is 6.03 Å². The number of rotatable bonds is 0. The lowest BCUT2D eigenvalue weighted by Crippen LogP contribution is -2.51. The molecule has 0 radical (unpaired) electrons. The van der Waals surface area contributed by atoms with E-state index in [1.165, 1.54) is 0 Å². The zero-order valence-electron chi connectivity index (χ0n) is 8.94. The molecule has 5 heteroatoms. The van der Waals surface area contributed by atoms with Gasteiger partial charge in [-0.2, -0.15) is 0 Å². The first-order valence-corrected chi connectivity index (χ1v) is 5.45. The molecule has 0 saturated carbocycles. The molecule has 0 atom stereocenters. The van der Waals surface area contributed by atoms with Gasteiger partial charge in [0.2, 0.25) is 0 Å². The summed E-state index contributed by atoms with van der Waals surface area (Å²) >= 11 is 0. The lowest BCUT2D eigenvalue weighted by atomic mass is 10.1. The van der Waals surface area contributed by atoms with E-state index in [0.29, 0.717) is 0 Å². The van der Waals surface area contributed by atoms with Gasteiger partial charge >= 0.3 is 6.03 Å². The van der Waals surface area contributed by atoms with Crippen molar-refractivity contribution in [1.29, 1.82) is 0 Å². The Bertz CT molecular complexity index is 435. The third kappa shape index (κ3) is 1.21. The number of primary amides is 1. The van der Waals surface area contributed by atoms with Crippen LogP contribution in [0.15, 0.2) is 35.4 Å². The predicted octanol–water partition coefficient (Wildman–Crippen LogP) is 0.299. The van der Waals surface area contributed by atoms with Crippen molar-refractivity contribution in [2.75, 3.05) is 19.6 Å². The van der Waals surface area contributed by atoms with E-state index in [9.17, 15) is 4.79 Å². The van der Waals surface area contributed by atoms with Crippen molar-refractivity contribution < 1.29 is 4.79 Å². The summed E-state index contributed by atoms with van der Waals surface area (Å²) < 4.78 is 0.